The molecule has 0 N–H and O–H groups in total. The van der Waals surface area contributed by atoms with Crippen molar-refractivity contribution in [2.24, 2.45) is 9.98 Å². The minimum atomic E-state index is -0.439. The maximum absolute atomic E-state index is 12.8. The van der Waals surface area contributed by atoms with E-state index >= 15 is 0 Å². The van der Waals surface area contributed by atoms with Gasteiger partial charge in [0, 0.05) is 12.4 Å². The van der Waals surface area contributed by atoms with E-state index in [0.717, 1.165) is 35.5 Å². The summed E-state index contributed by atoms with van der Waals surface area (Å²) in [4.78, 5) is 34.8. The molecule has 0 aliphatic carbocycles. The smallest absolute Gasteiger partial charge is 0.343 e. The number of carbonyl (C=O) groups is 2. The Kier molecular flexibility index (Phi) is 21.1. The summed E-state index contributed by atoms with van der Waals surface area (Å²) in [6.45, 7) is 5.86. The Hall–Kier alpha value is -6.02. The van der Waals surface area contributed by atoms with E-state index in [-0.39, 0.29) is 0 Å². The van der Waals surface area contributed by atoms with Gasteiger partial charge in [0.25, 0.3) is 0 Å². The molecule has 0 aliphatic rings. The Bertz CT molecular complexity index is 1940. The van der Waals surface area contributed by atoms with Crippen LogP contribution in [0.2, 0.25) is 0 Å². The molecular formula is C54H64N2O6. The maximum atomic E-state index is 12.8. The van der Waals surface area contributed by atoms with Gasteiger partial charge in [0.05, 0.1) is 35.7 Å². The standard InChI is InChI=1S/C54H64N2O6/c1-3-5-7-9-11-13-15-17-38-59-49-30-34-51(35-31-49)61-53(57)45-22-26-47(27-23-45)55-41-43-20-19-21-44(40-43)42-56-48-28-24-46(25-29-48)54(58)62-52-36-32-50(33-37-52)60-39-18-16-14-12-10-8-6-4-2/h19-37,40-42H,3-18,38-39H2,1-2H3. The van der Waals surface area contributed by atoms with E-state index in [2.05, 4.69) is 23.8 Å². The summed E-state index contributed by atoms with van der Waals surface area (Å²) >= 11 is 0. The molecule has 8 nitrogen and oxygen atoms in total. The van der Waals surface area contributed by atoms with Gasteiger partial charge in [-0.05, 0) is 127 Å². The number of hydrogen-bond donors (Lipinski definition) is 0. The molecule has 0 fully saturated rings. The van der Waals surface area contributed by atoms with Crippen molar-refractivity contribution in [3.8, 4) is 23.0 Å². The first-order valence-corrected chi connectivity index (χ1v) is 22.8. The first-order chi connectivity index (χ1) is 30.5. The number of benzene rings is 5. The van der Waals surface area contributed by atoms with Crippen LogP contribution in [-0.4, -0.2) is 37.6 Å². The fourth-order valence-corrected chi connectivity index (χ4v) is 6.78. The zero-order chi connectivity index (χ0) is 43.5. The van der Waals surface area contributed by atoms with Crippen molar-refractivity contribution < 1.29 is 28.5 Å². The van der Waals surface area contributed by atoms with Crippen LogP contribution in [0.15, 0.2) is 131 Å². The van der Waals surface area contributed by atoms with Crippen LogP contribution >= 0.6 is 0 Å². The SMILES string of the molecule is CCCCCCCCCCOc1ccc(OC(=O)c2ccc(N=Cc3cccc(C=Nc4ccc(C(=O)Oc5ccc(OCCCCCCCCCC)cc5)cc4)c3)cc2)cc1. The largest absolute Gasteiger partial charge is 0.494 e. The molecule has 0 bridgehead atoms. The average Bonchev–Trinajstić information content (AvgIpc) is 3.30. The summed E-state index contributed by atoms with van der Waals surface area (Å²) in [5.74, 6) is 1.59. The second kappa shape index (κ2) is 27.8. The van der Waals surface area contributed by atoms with Crippen molar-refractivity contribution in [1.29, 1.82) is 0 Å². The molecule has 8 heteroatoms. The van der Waals surface area contributed by atoms with E-state index in [1.165, 1.54) is 89.9 Å². The number of aliphatic imine (C=N–C) groups is 2. The lowest BCUT2D eigenvalue weighted by Gasteiger charge is -2.08. The molecule has 0 saturated carbocycles. The van der Waals surface area contributed by atoms with Crippen molar-refractivity contribution in [2.45, 2.75) is 117 Å². The van der Waals surface area contributed by atoms with Crippen LogP contribution in [0.4, 0.5) is 11.4 Å². The van der Waals surface area contributed by atoms with Gasteiger partial charge in [-0.25, -0.2) is 9.59 Å². The molecule has 0 amide bonds. The molecule has 0 saturated heterocycles. The summed E-state index contributed by atoms with van der Waals surface area (Å²) in [6, 6.07) is 36.1. The van der Waals surface area contributed by atoms with E-state index in [9.17, 15) is 9.59 Å². The Balaban J connectivity index is 1.00. The normalized spacial score (nSPS) is 11.3. The highest BCUT2D eigenvalue weighted by atomic mass is 16.5. The molecule has 0 atom stereocenters. The molecule has 0 heterocycles. The molecular weight excluding hydrogens is 773 g/mol. The lowest BCUT2D eigenvalue weighted by Crippen LogP contribution is -2.08. The second-order valence-electron chi connectivity index (χ2n) is 15.6. The quantitative estimate of drug-likeness (QED) is 0.0215. The van der Waals surface area contributed by atoms with Crippen LogP contribution in [0.1, 0.15) is 148 Å². The predicted octanol–water partition coefficient (Wildman–Crippen LogP) is 14.7. The molecule has 0 unspecified atom stereocenters. The molecule has 0 aliphatic heterocycles. The fraction of sp³-hybridized carbons (Fsp3) is 0.370. The molecule has 5 aromatic rings. The van der Waals surface area contributed by atoms with Gasteiger partial charge in [0.1, 0.15) is 23.0 Å². The van der Waals surface area contributed by atoms with Gasteiger partial charge < -0.3 is 18.9 Å². The van der Waals surface area contributed by atoms with Crippen molar-refractivity contribution in [1.82, 2.24) is 0 Å². The van der Waals surface area contributed by atoms with Crippen molar-refractivity contribution in [3.05, 3.63) is 144 Å². The number of nitrogens with zero attached hydrogens (tertiary/aromatic N) is 2. The van der Waals surface area contributed by atoms with E-state index in [1.54, 1.807) is 85.2 Å². The van der Waals surface area contributed by atoms with Crippen molar-refractivity contribution >= 4 is 35.7 Å². The maximum Gasteiger partial charge on any atom is 0.343 e. The number of carbonyl (C=O) groups excluding carboxylic acids is 2. The van der Waals surface area contributed by atoms with E-state index in [4.69, 9.17) is 18.9 Å². The van der Waals surface area contributed by atoms with Crippen LogP contribution in [0.25, 0.3) is 0 Å². The average molecular weight is 837 g/mol. The van der Waals surface area contributed by atoms with Crippen LogP contribution in [0, 0.1) is 0 Å². The lowest BCUT2D eigenvalue weighted by atomic mass is 10.1. The molecule has 0 spiro atoms. The molecule has 62 heavy (non-hydrogen) atoms. The first kappa shape index (κ1) is 47.0. The van der Waals surface area contributed by atoms with Gasteiger partial charge in [-0.15, -0.1) is 0 Å². The number of unbranched alkanes of at least 4 members (excludes halogenated alkanes) is 14. The van der Waals surface area contributed by atoms with Gasteiger partial charge in [0.2, 0.25) is 0 Å². The molecule has 5 rings (SSSR count). The van der Waals surface area contributed by atoms with Crippen LogP contribution in [0.5, 0.6) is 23.0 Å². The number of esters is 2. The van der Waals surface area contributed by atoms with Gasteiger partial charge in [0.15, 0.2) is 0 Å². The summed E-state index contributed by atoms with van der Waals surface area (Å²) in [7, 11) is 0. The minimum absolute atomic E-state index is 0.432. The zero-order valence-electron chi connectivity index (χ0n) is 36.8. The summed E-state index contributed by atoms with van der Waals surface area (Å²) < 4.78 is 22.9. The highest BCUT2D eigenvalue weighted by Gasteiger charge is 2.10. The van der Waals surface area contributed by atoms with Crippen LogP contribution < -0.4 is 18.9 Å². The third-order valence-electron chi connectivity index (χ3n) is 10.4. The third kappa shape index (κ3) is 17.9. The third-order valence-corrected chi connectivity index (χ3v) is 10.4. The summed E-state index contributed by atoms with van der Waals surface area (Å²) in [6.07, 6.45) is 23.7. The van der Waals surface area contributed by atoms with Crippen molar-refractivity contribution in [2.75, 3.05) is 13.2 Å². The number of hydrogen-bond acceptors (Lipinski definition) is 8. The molecule has 326 valence electrons. The molecule has 0 radical (unpaired) electrons. The van der Waals surface area contributed by atoms with Gasteiger partial charge in [-0.3, -0.25) is 9.98 Å². The van der Waals surface area contributed by atoms with Gasteiger partial charge in [-0.1, -0.05) is 122 Å². The second-order valence-corrected chi connectivity index (χ2v) is 15.6. The molecule has 5 aromatic carbocycles. The predicted molar refractivity (Wildman–Crippen MR) is 253 cm³/mol. The van der Waals surface area contributed by atoms with E-state index in [0.29, 0.717) is 47.2 Å². The molecule has 0 aromatic heterocycles. The van der Waals surface area contributed by atoms with Gasteiger partial charge in [-0.2, -0.15) is 0 Å². The minimum Gasteiger partial charge on any atom is -0.494 e. The highest BCUT2D eigenvalue weighted by Crippen LogP contribution is 2.23. The van der Waals surface area contributed by atoms with Gasteiger partial charge >= 0.3 is 11.9 Å². The first-order valence-electron chi connectivity index (χ1n) is 22.8. The van der Waals surface area contributed by atoms with Crippen LogP contribution in [0.3, 0.4) is 0 Å². The Morgan fingerprint density at radius 2 is 0.758 bits per heavy atom. The Morgan fingerprint density at radius 1 is 0.419 bits per heavy atom. The summed E-state index contributed by atoms with van der Waals surface area (Å²) in [5.41, 5.74) is 4.05. The number of ether oxygens (including phenoxy) is 4. The topological polar surface area (TPSA) is 95.8 Å². The van der Waals surface area contributed by atoms with Crippen molar-refractivity contribution in [3.63, 3.8) is 0 Å². The monoisotopic (exact) mass is 836 g/mol. The van der Waals surface area contributed by atoms with E-state index in [1.807, 2.05) is 48.5 Å². The number of rotatable bonds is 28. The zero-order valence-corrected chi connectivity index (χ0v) is 36.8. The fourth-order valence-electron chi connectivity index (χ4n) is 6.78. The van der Waals surface area contributed by atoms with Crippen LogP contribution in [-0.2, 0) is 0 Å². The lowest BCUT2D eigenvalue weighted by molar-refractivity contribution is 0.0725. The Labute approximate surface area is 369 Å². The summed E-state index contributed by atoms with van der Waals surface area (Å²) in [5, 5.41) is 0. The highest BCUT2D eigenvalue weighted by molar-refractivity contribution is 5.93. The van der Waals surface area contributed by atoms with E-state index < -0.39 is 11.9 Å². The Morgan fingerprint density at radius 3 is 1.13 bits per heavy atom.